The van der Waals surface area contributed by atoms with Crippen molar-refractivity contribution < 1.29 is 45.3 Å². The minimum Gasteiger partial charge on any atom is -0.506 e. The van der Waals surface area contributed by atoms with Crippen LogP contribution in [-0.4, -0.2) is 59.6 Å². The molecule has 0 unspecified atom stereocenters. The van der Waals surface area contributed by atoms with Gasteiger partial charge in [0.1, 0.15) is 34.4 Å². The van der Waals surface area contributed by atoms with Crippen LogP contribution in [0.1, 0.15) is 0 Å². The van der Waals surface area contributed by atoms with Gasteiger partial charge in [-0.05, 0) is 35.7 Å². The number of aliphatic hydroxyl groups excluding tert-OH is 1. The molecule has 12 nitrogen and oxygen atoms in total. The van der Waals surface area contributed by atoms with Gasteiger partial charge in [0.2, 0.25) is 0 Å². The SMILES string of the molecule is COS(=O)(=O)c1ccc2c(N=Nc3cc(OCCO)ccc3O)c(O)c(S(=O)(=O)OC)cc2c1. The molecule has 0 heterocycles. The quantitative estimate of drug-likeness (QED) is 0.285. The number of benzene rings is 3. The van der Waals surface area contributed by atoms with Gasteiger partial charge in [-0.15, -0.1) is 10.2 Å². The lowest BCUT2D eigenvalue weighted by atomic mass is 10.1. The molecule has 0 bridgehead atoms. The molecule has 0 spiro atoms. The highest BCUT2D eigenvalue weighted by atomic mass is 32.2. The smallest absolute Gasteiger partial charge is 0.300 e. The summed E-state index contributed by atoms with van der Waals surface area (Å²) in [6, 6.07) is 8.66. The van der Waals surface area contributed by atoms with Gasteiger partial charge >= 0.3 is 10.1 Å². The van der Waals surface area contributed by atoms with E-state index in [1.165, 1.54) is 30.3 Å². The number of ether oxygens (including phenoxy) is 1. The molecule has 0 aliphatic rings. The highest BCUT2D eigenvalue weighted by Gasteiger charge is 2.25. The van der Waals surface area contributed by atoms with E-state index in [4.69, 9.17) is 9.84 Å². The number of phenols is 2. The fourth-order valence-electron chi connectivity index (χ4n) is 2.90. The molecular formula is C20H20N2O10S2. The molecule has 3 aromatic rings. The van der Waals surface area contributed by atoms with E-state index >= 15 is 0 Å². The van der Waals surface area contributed by atoms with Crippen molar-refractivity contribution in [3.05, 3.63) is 42.5 Å². The van der Waals surface area contributed by atoms with E-state index in [2.05, 4.69) is 18.6 Å². The minimum absolute atomic E-state index is 0.00355. The molecule has 3 N–H and O–H groups in total. The van der Waals surface area contributed by atoms with E-state index in [1.807, 2.05) is 0 Å². The Balaban J connectivity index is 2.24. The van der Waals surface area contributed by atoms with Crippen LogP contribution in [0.2, 0.25) is 0 Å². The van der Waals surface area contributed by atoms with Gasteiger partial charge < -0.3 is 20.1 Å². The van der Waals surface area contributed by atoms with Crippen molar-refractivity contribution in [3.63, 3.8) is 0 Å². The lowest BCUT2D eigenvalue weighted by Gasteiger charge is -2.11. The fraction of sp³-hybridized carbons (Fsp3) is 0.200. The Morgan fingerprint density at radius 1 is 0.882 bits per heavy atom. The summed E-state index contributed by atoms with van der Waals surface area (Å²) >= 11 is 0. The van der Waals surface area contributed by atoms with Crippen molar-refractivity contribution >= 4 is 42.4 Å². The van der Waals surface area contributed by atoms with Crippen LogP contribution in [0, 0.1) is 0 Å². The Kier molecular flexibility index (Phi) is 7.38. The van der Waals surface area contributed by atoms with Crippen LogP contribution in [0.4, 0.5) is 11.4 Å². The zero-order chi connectivity index (χ0) is 25.1. The molecule has 0 saturated carbocycles. The molecule has 0 radical (unpaired) electrons. The molecule has 3 rings (SSSR count). The van der Waals surface area contributed by atoms with E-state index in [0.29, 0.717) is 0 Å². The summed E-state index contributed by atoms with van der Waals surface area (Å²) in [7, 11) is -6.67. The summed E-state index contributed by atoms with van der Waals surface area (Å²) in [5.74, 6) is -0.828. The van der Waals surface area contributed by atoms with E-state index in [0.717, 1.165) is 26.4 Å². The van der Waals surface area contributed by atoms with Crippen molar-refractivity contribution in [1.82, 2.24) is 0 Å². The third-order valence-corrected chi connectivity index (χ3v) is 7.14. The van der Waals surface area contributed by atoms with Crippen molar-refractivity contribution in [2.75, 3.05) is 27.4 Å². The monoisotopic (exact) mass is 512 g/mol. The van der Waals surface area contributed by atoms with Gasteiger partial charge in [-0.1, -0.05) is 6.07 Å². The second kappa shape index (κ2) is 9.90. The third kappa shape index (κ3) is 5.10. The summed E-state index contributed by atoms with van der Waals surface area (Å²) < 4.78 is 63.1. The summed E-state index contributed by atoms with van der Waals surface area (Å²) in [5.41, 5.74) is -0.405. The second-order valence-electron chi connectivity index (χ2n) is 6.62. The number of aromatic hydroxyl groups is 2. The lowest BCUT2D eigenvalue weighted by Crippen LogP contribution is -2.04. The van der Waals surface area contributed by atoms with Crippen LogP contribution >= 0.6 is 0 Å². The maximum atomic E-state index is 12.4. The predicted molar refractivity (Wildman–Crippen MR) is 119 cm³/mol. The van der Waals surface area contributed by atoms with Crippen molar-refractivity contribution in [2.24, 2.45) is 10.2 Å². The molecular weight excluding hydrogens is 492 g/mol. The van der Waals surface area contributed by atoms with Crippen LogP contribution in [0.25, 0.3) is 10.8 Å². The highest BCUT2D eigenvalue weighted by Crippen LogP contribution is 2.43. The number of hydrogen-bond donors (Lipinski definition) is 3. The first-order valence-electron chi connectivity index (χ1n) is 9.43. The molecule has 0 fully saturated rings. The molecule has 3 aromatic carbocycles. The average molecular weight is 513 g/mol. The van der Waals surface area contributed by atoms with Crippen LogP contribution in [0.15, 0.2) is 62.5 Å². The van der Waals surface area contributed by atoms with E-state index < -0.39 is 30.9 Å². The topological polar surface area (TPSA) is 181 Å². The minimum atomic E-state index is -4.43. The lowest BCUT2D eigenvalue weighted by molar-refractivity contribution is 0.201. The zero-order valence-electron chi connectivity index (χ0n) is 17.9. The number of rotatable bonds is 9. The van der Waals surface area contributed by atoms with Crippen molar-refractivity contribution in [3.8, 4) is 17.2 Å². The number of hydrogen-bond acceptors (Lipinski definition) is 12. The van der Waals surface area contributed by atoms with Gasteiger partial charge in [-0.25, -0.2) is 0 Å². The first-order valence-corrected chi connectivity index (χ1v) is 12.2. The molecule has 0 saturated heterocycles. The average Bonchev–Trinajstić information content (AvgIpc) is 2.82. The molecule has 0 amide bonds. The number of aliphatic hydroxyl groups is 1. The molecule has 0 atom stereocenters. The number of azo groups is 1. The Morgan fingerprint density at radius 3 is 2.24 bits per heavy atom. The number of phenolic OH excluding ortho intramolecular Hbond substituents is 2. The summed E-state index contributed by atoms with van der Waals surface area (Å²) in [6.07, 6.45) is 0. The second-order valence-corrected chi connectivity index (χ2v) is 10.0. The molecule has 14 heteroatoms. The molecule has 0 aromatic heterocycles. The normalized spacial score (nSPS) is 12.4. The molecule has 0 aliphatic heterocycles. The number of nitrogens with zero attached hydrogens (tertiary/aromatic N) is 2. The van der Waals surface area contributed by atoms with Gasteiger partial charge in [-0.3, -0.25) is 8.37 Å². The van der Waals surface area contributed by atoms with Crippen LogP contribution in [0.5, 0.6) is 17.2 Å². The summed E-state index contributed by atoms with van der Waals surface area (Å²) in [4.78, 5) is -0.934. The van der Waals surface area contributed by atoms with Gasteiger partial charge in [0.25, 0.3) is 10.1 Å². The van der Waals surface area contributed by atoms with Crippen molar-refractivity contribution in [1.29, 1.82) is 0 Å². The van der Waals surface area contributed by atoms with Gasteiger partial charge in [0.15, 0.2) is 5.75 Å². The summed E-state index contributed by atoms with van der Waals surface area (Å²) in [6.45, 7) is -0.241. The van der Waals surface area contributed by atoms with Crippen LogP contribution < -0.4 is 4.74 Å². The first-order chi connectivity index (χ1) is 16.0. The third-order valence-electron chi connectivity index (χ3n) is 4.58. The fourth-order valence-corrected chi connectivity index (χ4v) is 4.39. The molecule has 182 valence electrons. The largest absolute Gasteiger partial charge is 0.506 e. The number of fused-ring (bicyclic) bond motifs is 1. The molecule has 0 aliphatic carbocycles. The van der Waals surface area contributed by atoms with Gasteiger partial charge in [0, 0.05) is 11.5 Å². The van der Waals surface area contributed by atoms with E-state index in [9.17, 15) is 27.0 Å². The molecule has 34 heavy (non-hydrogen) atoms. The van der Waals surface area contributed by atoms with Crippen LogP contribution in [-0.2, 0) is 28.6 Å². The highest BCUT2D eigenvalue weighted by molar-refractivity contribution is 7.87. The van der Waals surface area contributed by atoms with Gasteiger partial charge in [-0.2, -0.15) is 16.8 Å². The van der Waals surface area contributed by atoms with Crippen LogP contribution in [0.3, 0.4) is 0 Å². The Morgan fingerprint density at radius 2 is 1.59 bits per heavy atom. The Hall–Kier alpha value is -3.30. The standard InChI is InChI=1S/C20H20N2O10S2/c1-30-33(26,27)14-4-5-15-12(9-14)10-18(34(28,29)31-2)20(25)19(15)22-21-16-11-13(32-8-7-23)3-6-17(16)24/h3-6,9-11,23-25H,7-8H2,1-2H3. The van der Waals surface area contributed by atoms with E-state index in [1.54, 1.807) is 0 Å². The maximum absolute atomic E-state index is 12.4. The Bertz CT molecular complexity index is 1470. The van der Waals surface area contributed by atoms with Crippen molar-refractivity contribution in [2.45, 2.75) is 9.79 Å². The van der Waals surface area contributed by atoms with E-state index in [-0.39, 0.29) is 51.8 Å². The maximum Gasteiger partial charge on any atom is 0.300 e. The predicted octanol–water partition coefficient (Wildman–Crippen LogP) is 2.71. The van der Waals surface area contributed by atoms with Gasteiger partial charge in [0.05, 0.1) is 25.7 Å². The first kappa shape index (κ1) is 25.3. The zero-order valence-corrected chi connectivity index (χ0v) is 19.5. The Labute approximate surface area is 194 Å². The summed E-state index contributed by atoms with van der Waals surface area (Å²) in [5, 5.41) is 37.7.